The van der Waals surface area contributed by atoms with Crippen LogP contribution in [-0.4, -0.2) is 0 Å². The van der Waals surface area contributed by atoms with Crippen molar-refractivity contribution < 1.29 is 0 Å². The molecule has 1 rings (SSSR count). The normalized spacial score (nSPS) is 35.3. The predicted molar refractivity (Wildman–Crippen MR) is 41.4 cm³/mol. The fourth-order valence-corrected chi connectivity index (χ4v) is 2.02. The SMILES string of the molecule is CCC[C@@H]1CCC[C@H]1C. The second-order valence-electron chi connectivity index (χ2n) is 3.46. The monoisotopic (exact) mass is 126 g/mol. The molecule has 0 saturated heterocycles. The number of hydrogen-bond donors (Lipinski definition) is 0. The lowest BCUT2D eigenvalue weighted by molar-refractivity contribution is 0.388. The highest BCUT2D eigenvalue weighted by atomic mass is 14.3. The molecular weight excluding hydrogens is 108 g/mol. The van der Waals surface area contributed by atoms with Crippen molar-refractivity contribution >= 4 is 0 Å². The molecule has 0 bridgehead atoms. The van der Waals surface area contributed by atoms with Crippen LogP contribution in [0.3, 0.4) is 0 Å². The Balaban J connectivity index is 2.22. The summed E-state index contributed by atoms with van der Waals surface area (Å²) in [6, 6.07) is 0. The summed E-state index contributed by atoms with van der Waals surface area (Å²) in [5.41, 5.74) is 0. The molecule has 54 valence electrons. The van der Waals surface area contributed by atoms with E-state index in [1.54, 1.807) is 0 Å². The van der Waals surface area contributed by atoms with E-state index in [9.17, 15) is 0 Å². The van der Waals surface area contributed by atoms with Crippen LogP contribution in [0.5, 0.6) is 0 Å². The van der Waals surface area contributed by atoms with Crippen molar-refractivity contribution in [2.45, 2.75) is 46.0 Å². The van der Waals surface area contributed by atoms with Gasteiger partial charge >= 0.3 is 0 Å². The molecular formula is C9H18. The molecule has 1 saturated carbocycles. The maximum absolute atomic E-state index is 2.41. The van der Waals surface area contributed by atoms with Crippen molar-refractivity contribution in [1.29, 1.82) is 0 Å². The van der Waals surface area contributed by atoms with E-state index in [4.69, 9.17) is 0 Å². The zero-order valence-corrected chi connectivity index (χ0v) is 6.69. The van der Waals surface area contributed by atoms with Crippen LogP contribution in [0.2, 0.25) is 0 Å². The highest BCUT2D eigenvalue weighted by molar-refractivity contribution is 4.73. The second-order valence-corrected chi connectivity index (χ2v) is 3.46. The quantitative estimate of drug-likeness (QED) is 0.533. The Morgan fingerprint density at radius 3 is 2.56 bits per heavy atom. The van der Waals surface area contributed by atoms with E-state index in [0.29, 0.717) is 0 Å². The van der Waals surface area contributed by atoms with Gasteiger partial charge in [0.1, 0.15) is 0 Å². The molecule has 9 heavy (non-hydrogen) atoms. The molecule has 2 atom stereocenters. The second kappa shape index (κ2) is 3.24. The zero-order chi connectivity index (χ0) is 6.69. The highest BCUT2D eigenvalue weighted by Gasteiger charge is 2.21. The van der Waals surface area contributed by atoms with Crippen LogP contribution in [0.15, 0.2) is 0 Å². The minimum absolute atomic E-state index is 1.03. The fraction of sp³-hybridized carbons (Fsp3) is 1.00. The van der Waals surface area contributed by atoms with Crippen LogP contribution in [0.1, 0.15) is 46.0 Å². The summed E-state index contributed by atoms with van der Waals surface area (Å²) < 4.78 is 0. The van der Waals surface area contributed by atoms with Crippen LogP contribution < -0.4 is 0 Å². The lowest BCUT2D eigenvalue weighted by Gasteiger charge is -2.12. The molecule has 0 aromatic rings. The van der Waals surface area contributed by atoms with Crippen LogP contribution in [0.4, 0.5) is 0 Å². The Morgan fingerprint density at radius 1 is 1.33 bits per heavy atom. The van der Waals surface area contributed by atoms with Crippen LogP contribution in [-0.2, 0) is 0 Å². The van der Waals surface area contributed by atoms with E-state index in [2.05, 4.69) is 13.8 Å². The molecule has 0 aliphatic heterocycles. The molecule has 0 aromatic heterocycles. The lowest BCUT2D eigenvalue weighted by atomic mass is 9.94. The zero-order valence-electron chi connectivity index (χ0n) is 6.69. The van der Waals surface area contributed by atoms with Gasteiger partial charge in [-0.05, 0) is 11.8 Å². The smallest absolute Gasteiger partial charge is 0.0389 e. The summed E-state index contributed by atoms with van der Waals surface area (Å²) in [4.78, 5) is 0. The van der Waals surface area contributed by atoms with Crippen molar-refractivity contribution in [2.24, 2.45) is 11.8 Å². The van der Waals surface area contributed by atoms with E-state index in [-0.39, 0.29) is 0 Å². The van der Waals surface area contributed by atoms with Crippen molar-refractivity contribution in [1.82, 2.24) is 0 Å². The maximum Gasteiger partial charge on any atom is -0.0389 e. The highest BCUT2D eigenvalue weighted by Crippen LogP contribution is 2.33. The van der Waals surface area contributed by atoms with Gasteiger partial charge in [0.15, 0.2) is 0 Å². The minimum Gasteiger partial charge on any atom is -0.0654 e. The molecule has 0 heteroatoms. The van der Waals surface area contributed by atoms with Gasteiger partial charge in [0.25, 0.3) is 0 Å². The molecule has 1 aliphatic rings. The van der Waals surface area contributed by atoms with E-state index < -0.39 is 0 Å². The first-order valence-electron chi connectivity index (χ1n) is 4.34. The van der Waals surface area contributed by atoms with Crippen LogP contribution in [0.25, 0.3) is 0 Å². The summed E-state index contributed by atoms with van der Waals surface area (Å²) in [7, 11) is 0. The first-order valence-corrected chi connectivity index (χ1v) is 4.34. The number of rotatable bonds is 2. The van der Waals surface area contributed by atoms with Gasteiger partial charge in [-0.25, -0.2) is 0 Å². The summed E-state index contributed by atoms with van der Waals surface area (Å²) in [5.74, 6) is 2.11. The minimum atomic E-state index is 1.03. The summed E-state index contributed by atoms with van der Waals surface area (Å²) in [6.45, 7) is 4.71. The molecule has 0 heterocycles. The first kappa shape index (κ1) is 7.11. The summed E-state index contributed by atoms with van der Waals surface area (Å²) >= 11 is 0. The van der Waals surface area contributed by atoms with Gasteiger partial charge in [-0.1, -0.05) is 46.0 Å². The van der Waals surface area contributed by atoms with Crippen molar-refractivity contribution in [3.63, 3.8) is 0 Å². The Morgan fingerprint density at radius 2 is 2.11 bits per heavy atom. The van der Waals surface area contributed by atoms with Gasteiger partial charge in [-0.2, -0.15) is 0 Å². The lowest BCUT2D eigenvalue weighted by Crippen LogP contribution is -2.02. The predicted octanol–water partition coefficient (Wildman–Crippen LogP) is 3.22. The fourth-order valence-electron chi connectivity index (χ4n) is 2.02. The van der Waals surface area contributed by atoms with Crippen molar-refractivity contribution in [3.8, 4) is 0 Å². The molecule has 0 unspecified atom stereocenters. The average molecular weight is 126 g/mol. The molecule has 0 N–H and O–H groups in total. The average Bonchev–Trinajstić information content (AvgIpc) is 2.18. The Labute approximate surface area is 58.7 Å². The molecule has 0 nitrogen and oxygen atoms in total. The van der Waals surface area contributed by atoms with Gasteiger partial charge in [0, 0.05) is 0 Å². The third-order valence-electron chi connectivity index (χ3n) is 2.70. The molecule has 0 aromatic carbocycles. The van der Waals surface area contributed by atoms with Crippen molar-refractivity contribution in [2.75, 3.05) is 0 Å². The van der Waals surface area contributed by atoms with E-state index in [0.717, 1.165) is 11.8 Å². The third kappa shape index (κ3) is 1.70. The molecule has 0 spiro atoms. The van der Waals surface area contributed by atoms with E-state index in [1.165, 1.54) is 32.1 Å². The molecule has 1 aliphatic carbocycles. The third-order valence-corrected chi connectivity index (χ3v) is 2.70. The largest absolute Gasteiger partial charge is 0.0654 e. The molecule has 1 fully saturated rings. The van der Waals surface area contributed by atoms with Gasteiger partial charge in [0.2, 0.25) is 0 Å². The number of hydrogen-bond acceptors (Lipinski definition) is 0. The Kier molecular flexibility index (Phi) is 2.56. The van der Waals surface area contributed by atoms with E-state index in [1.807, 2.05) is 0 Å². The Hall–Kier alpha value is 0. The first-order chi connectivity index (χ1) is 4.34. The summed E-state index contributed by atoms with van der Waals surface area (Å²) in [5, 5.41) is 0. The van der Waals surface area contributed by atoms with Gasteiger partial charge in [0.05, 0.1) is 0 Å². The Bertz CT molecular complexity index is 76.1. The standard InChI is InChI=1S/C9H18/c1-3-5-9-7-4-6-8(9)2/h8-9H,3-7H2,1-2H3/t8-,9-/m1/s1. The van der Waals surface area contributed by atoms with E-state index >= 15 is 0 Å². The maximum atomic E-state index is 2.41. The topological polar surface area (TPSA) is 0 Å². The van der Waals surface area contributed by atoms with Gasteiger partial charge < -0.3 is 0 Å². The van der Waals surface area contributed by atoms with Crippen molar-refractivity contribution in [3.05, 3.63) is 0 Å². The molecule has 0 radical (unpaired) electrons. The molecule has 0 amide bonds. The van der Waals surface area contributed by atoms with Crippen LogP contribution >= 0.6 is 0 Å². The van der Waals surface area contributed by atoms with Crippen LogP contribution in [0, 0.1) is 11.8 Å². The summed E-state index contributed by atoms with van der Waals surface area (Å²) in [6.07, 6.45) is 7.35. The van der Waals surface area contributed by atoms with Gasteiger partial charge in [-0.3, -0.25) is 0 Å². The van der Waals surface area contributed by atoms with Gasteiger partial charge in [-0.15, -0.1) is 0 Å².